The van der Waals surface area contributed by atoms with Crippen LogP contribution in [0.2, 0.25) is 0 Å². The number of amides is 1. The topological polar surface area (TPSA) is 77.1 Å². The second kappa shape index (κ2) is 10.9. The van der Waals surface area contributed by atoms with Gasteiger partial charge in [-0.05, 0) is 44.9 Å². The van der Waals surface area contributed by atoms with Crippen LogP contribution in [0.4, 0.5) is 35.5 Å². The minimum atomic E-state index is -5.84. The maximum Gasteiger partial charge on any atom is 0.434 e. The zero-order valence-electron chi connectivity index (χ0n) is 19.1. The van der Waals surface area contributed by atoms with E-state index < -0.39 is 54.6 Å². The Bertz CT molecular complexity index is 886. The molecule has 0 aliphatic carbocycles. The van der Waals surface area contributed by atoms with Gasteiger partial charge in [-0.3, -0.25) is 0 Å². The highest BCUT2D eigenvalue weighted by molar-refractivity contribution is 5.71. The summed E-state index contributed by atoms with van der Waals surface area (Å²) >= 11 is 0. The molecule has 1 aliphatic heterocycles. The summed E-state index contributed by atoms with van der Waals surface area (Å²) < 4.78 is 105. The van der Waals surface area contributed by atoms with E-state index in [4.69, 9.17) is 9.47 Å². The number of ether oxygens (including phenoxy) is 3. The van der Waals surface area contributed by atoms with Crippen LogP contribution in [-0.4, -0.2) is 73.3 Å². The van der Waals surface area contributed by atoms with Gasteiger partial charge < -0.3 is 24.4 Å². The van der Waals surface area contributed by atoms with Crippen molar-refractivity contribution in [1.29, 1.82) is 0 Å². The molecule has 1 amide bonds. The lowest BCUT2D eigenvalue weighted by atomic mass is 10.0. The van der Waals surface area contributed by atoms with E-state index in [1.54, 1.807) is 20.8 Å². The van der Waals surface area contributed by atoms with Crippen LogP contribution in [0.3, 0.4) is 0 Å². The summed E-state index contributed by atoms with van der Waals surface area (Å²) in [4.78, 5) is 24.7. The zero-order chi connectivity index (χ0) is 26.6. The van der Waals surface area contributed by atoms with E-state index in [2.05, 4.69) is 10.1 Å². The summed E-state index contributed by atoms with van der Waals surface area (Å²) in [7, 11) is 0. The molecule has 7 nitrogen and oxygen atoms in total. The minimum absolute atomic E-state index is 0.0241. The molecule has 1 saturated heterocycles. The van der Waals surface area contributed by atoms with Gasteiger partial charge >= 0.3 is 24.4 Å². The van der Waals surface area contributed by atoms with Crippen LogP contribution >= 0.6 is 0 Å². The summed E-state index contributed by atoms with van der Waals surface area (Å²) in [5.74, 6) is -1.85. The number of carbonyl (C=O) groups is 2. The maximum absolute atomic E-state index is 14.4. The normalized spacial score (nSPS) is 17.3. The quantitative estimate of drug-likeness (QED) is 0.454. The number of hydrogen-bond acceptors (Lipinski definition) is 6. The van der Waals surface area contributed by atoms with Crippen LogP contribution in [-0.2, 0) is 20.7 Å². The first kappa shape index (κ1) is 28.5. The van der Waals surface area contributed by atoms with Crippen molar-refractivity contribution >= 4 is 12.1 Å². The summed E-state index contributed by atoms with van der Waals surface area (Å²) in [6.07, 6.45) is -17.8. The molecule has 0 saturated carbocycles. The molecular formula is C21H25F7N2O5. The Labute approximate surface area is 196 Å². The molecule has 14 heteroatoms. The van der Waals surface area contributed by atoms with E-state index in [1.165, 1.54) is 12.1 Å². The third-order valence-corrected chi connectivity index (χ3v) is 4.63. The van der Waals surface area contributed by atoms with Gasteiger partial charge in [-0.2, -0.15) is 26.3 Å². The zero-order valence-corrected chi connectivity index (χ0v) is 19.1. The third kappa shape index (κ3) is 8.75. The van der Waals surface area contributed by atoms with Gasteiger partial charge in [-0.25, -0.2) is 14.0 Å². The first-order valence-electron chi connectivity index (χ1n) is 10.4. The molecule has 0 spiro atoms. The third-order valence-electron chi connectivity index (χ3n) is 4.63. The average Bonchev–Trinajstić information content (AvgIpc) is 2.68. The largest absolute Gasteiger partial charge is 0.479 e. The molecule has 1 heterocycles. The second-order valence-electron chi connectivity index (χ2n) is 8.74. The maximum atomic E-state index is 14.4. The predicted octanol–water partition coefficient (Wildman–Crippen LogP) is 3.99. The Morgan fingerprint density at radius 1 is 1.11 bits per heavy atom. The number of esters is 1. The van der Waals surface area contributed by atoms with Crippen LogP contribution in [0.5, 0.6) is 5.75 Å². The monoisotopic (exact) mass is 518 g/mol. The van der Waals surface area contributed by atoms with Crippen molar-refractivity contribution < 1.29 is 54.5 Å². The van der Waals surface area contributed by atoms with Gasteiger partial charge in [0.1, 0.15) is 5.60 Å². The molecule has 198 valence electrons. The van der Waals surface area contributed by atoms with Crippen molar-refractivity contribution in [2.75, 3.05) is 26.2 Å². The molecule has 1 atom stereocenters. The SMILES string of the molecule is CC(C)(C)OC(=O)COc1ccc(CC2CNCCN2C(=O)OC(C(F)(F)F)C(F)(F)F)cc1F. The molecule has 1 N–H and O–H groups in total. The summed E-state index contributed by atoms with van der Waals surface area (Å²) in [6.45, 7) is 4.30. The Morgan fingerprint density at radius 2 is 1.74 bits per heavy atom. The van der Waals surface area contributed by atoms with Crippen molar-refractivity contribution in [2.45, 2.75) is 57.3 Å². The summed E-state index contributed by atoms with van der Waals surface area (Å²) in [5.41, 5.74) is -0.480. The van der Waals surface area contributed by atoms with Gasteiger partial charge in [0.15, 0.2) is 18.2 Å². The molecule has 1 aromatic carbocycles. The molecule has 0 radical (unpaired) electrons. The number of alkyl halides is 6. The molecule has 1 aromatic rings. The van der Waals surface area contributed by atoms with E-state index in [0.29, 0.717) is 0 Å². The fourth-order valence-electron chi connectivity index (χ4n) is 3.24. The van der Waals surface area contributed by atoms with E-state index in [-0.39, 0.29) is 37.4 Å². The predicted molar refractivity (Wildman–Crippen MR) is 107 cm³/mol. The van der Waals surface area contributed by atoms with Gasteiger partial charge in [0, 0.05) is 19.6 Å². The van der Waals surface area contributed by atoms with Crippen LogP contribution in [0, 0.1) is 5.82 Å². The lowest BCUT2D eigenvalue weighted by Gasteiger charge is -2.36. The first-order valence-corrected chi connectivity index (χ1v) is 10.4. The highest BCUT2D eigenvalue weighted by Gasteiger charge is 2.60. The van der Waals surface area contributed by atoms with Gasteiger partial charge in [0.25, 0.3) is 6.10 Å². The van der Waals surface area contributed by atoms with Gasteiger partial charge in [-0.15, -0.1) is 0 Å². The number of nitrogens with zero attached hydrogens (tertiary/aromatic N) is 1. The molecule has 1 unspecified atom stereocenters. The van der Waals surface area contributed by atoms with Gasteiger partial charge in [0.2, 0.25) is 0 Å². The second-order valence-corrected chi connectivity index (χ2v) is 8.74. The van der Waals surface area contributed by atoms with E-state index in [1.807, 2.05) is 0 Å². The Morgan fingerprint density at radius 3 is 2.29 bits per heavy atom. The number of nitrogens with one attached hydrogen (secondary N) is 1. The van der Waals surface area contributed by atoms with Crippen LogP contribution in [0.1, 0.15) is 26.3 Å². The Kier molecular flexibility index (Phi) is 8.84. The van der Waals surface area contributed by atoms with Gasteiger partial charge in [-0.1, -0.05) is 6.07 Å². The molecule has 1 fully saturated rings. The highest BCUT2D eigenvalue weighted by atomic mass is 19.4. The fourth-order valence-corrected chi connectivity index (χ4v) is 3.24. The van der Waals surface area contributed by atoms with Crippen molar-refractivity contribution in [1.82, 2.24) is 10.2 Å². The van der Waals surface area contributed by atoms with E-state index in [9.17, 15) is 40.3 Å². The highest BCUT2D eigenvalue weighted by Crippen LogP contribution is 2.36. The minimum Gasteiger partial charge on any atom is -0.479 e. The first-order chi connectivity index (χ1) is 16.0. The van der Waals surface area contributed by atoms with Crippen LogP contribution in [0.15, 0.2) is 18.2 Å². The van der Waals surface area contributed by atoms with Crippen molar-refractivity contribution in [3.8, 4) is 5.75 Å². The molecule has 35 heavy (non-hydrogen) atoms. The van der Waals surface area contributed by atoms with E-state index >= 15 is 0 Å². The van der Waals surface area contributed by atoms with Gasteiger partial charge in [0.05, 0.1) is 6.04 Å². The molecule has 1 aliphatic rings. The number of benzene rings is 1. The molecular weight excluding hydrogens is 493 g/mol. The number of piperazine rings is 1. The molecule has 0 bridgehead atoms. The Balaban J connectivity index is 2.07. The number of carbonyl (C=O) groups excluding carboxylic acids is 2. The number of halogens is 7. The number of hydrogen-bond donors (Lipinski definition) is 1. The smallest absolute Gasteiger partial charge is 0.434 e. The van der Waals surface area contributed by atoms with E-state index in [0.717, 1.165) is 11.0 Å². The fraction of sp³-hybridized carbons (Fsp3) is 0.619. The lowest BCUT2D eigenvalue weighted by molar-refractivity contribution is -0.308. The molecule has 2 rings (SSSR count). The molecule has 0 aromatic heterocycles. The van der Waals surface area contributed by atoms with Crippen LogP contribution < -0.4 is 10.1 Å². The Hall–Kier alpha value is -2.77. The van der Waals surface area contributed by atoms with Crippen molar-refractivity contribution in [2.24, 2.45) is 0 Å². The standard InChI is InChI=1S/C21H25F7N2O5/c1-19(2,3)35-16(31)11-33-15-5-4-12(9-14(15)22)8-13-10-29-6-7-30(13)18(32)34-17(20(23,24)25)21(26,27)28/h4-5,9,13,17,29H,6-8,10-11H2,1-3H3. The lowest BCUT2D eigenvalue weighted by Crippen LogP contribution is -2.57. The average molecular weight is 518 g/mol. The van der Waals surface area contributed by atoms with Crippen molar-refractivity contribution in [3.63, 3.8) is 0 Å². The number of rotatable bonds is 6. The van der Waals surface area contributed by atoms with Crippen molar-refractivity contribution in [3.05, 3.63) is 29.6 Å². The summed E-state index contributed by atoms with van der Waals surface area (Å²) in [5, 5.41) is 2.87. The summed E-state index contributed by atoms with van der Waals surface area (Å²) in [6, 6.07) is 2.71. The van der Waals surface area contributed by atoms with Crippen LogP contribution in [0.25, 0.3) is 0 Å².